The van der Waals surface area contributed by atoms with Gasteiger partial charge in [0.25, 0.3) is 0 Å². The van der Waals surface area contributed by atoms with Crippen LogP contribution in [0, 0.1) is 6.10 Å². The topological polar surface area (TPSA) is 27.7 Å². The molecule has 0 rings (SSSR count). The van der Waals surface area contributed by atoms with Crippen LogP contribution in [0.2, 0.25) is 0 Å². The summed E-state index contributed by atoms with van der Waals surface area (Å²) in [6.45, 7) is 10.6. The zero-order chi connectivity index (χ0) is 11.1. The number of hydrogen-bond acceptors (Lipinski definition) is 3. The van der Waals surface area contributed by atoms with E-state index in [-0.39, 0.29) is 18.3 Å². The Bertz CT molecular complexity index is 136. The molecule has 3 heteroatoms. The highest BCUT2D eigenvalue weighted by molar-refractivity contribution is 4.93. The summed E-state index contributed by atoms with van der Waals surface area (Å²) >= 11 is 0. The molecule has 1 radical (unpaired) electrons. The van der Waals surface area contributed by atoms with Crippen LogP contribution in [-0.2, 0) is 14.2 Å². The van der Waals surface area contributed by atoms with Crippen molar-refractivity contribution in [3.8, 4) is 0 Å². The largest absolute Gasteiger partial charge is 0.379 e. The van der Waals surface area contributed by atoms with E-state index in [1.165, 1.54) is 0 Å². The lowest BCUT2D eigenvalue weighted by Crippen LogP contribution is -2.33. The van der Waals surface area contributed by atoms with Crippen molar-refractivity contribution in [1.29, 1.82) is 0 Å². The molecule has 0 spiro atoms. The maximum atomic E-state index is 5.68. The lowest BCUT2D eigenvalue weighted by Gasteiger charge is -2.28. The second-order valence-corrected chi connectivity index (χ2v) is 3.54. The van der Waals surface area contributed by atoms with Crippen LogP contribution in [-0.4, -0.2) is 32.0 Å². The molecule has 2 unspecified atom stereocenters. The minimum absolute atomic E-state index is 0.0163. The molecule has 85 valence electrons. The van der Waals surface area contributed by atoms with Crippen molar-refractivity contribution in [3.63, 3.8) is 0 Å². The average molecular weight is 203 g/mol. The van der Waals surface area contributed by atoms with Crippen LogP contribution in [0.3, 0.4) is 0 Å². The van der Waals surface area contributed by atoms with Crippen LogP contribution in [0.1, 0.15) is 34.6 Å². The minimum Gasteiger partial charge on any atom is -0.379 e. The molecule has 0 saturated carbocycles. The van der Waals surface area contributed by atoms with Gasteiger partial charge in [-0.25, -0.2) is 0 Å². The lowest BCUT2D eigenvalue weighted by atomic mass is 10.1. The molecule has 0 saturated heterocycles. The summed E-state index contributed by atoms with van der Waals surface area (Å²) in [5.74, 6) is 0. The third-order valence-corrected chi connectivity index (χ3v) is 1.94. The molecule has 0 amide bonds. The number of rotatable bonds is 7. The van der Waals surface area contributed by atoms with Crippen molar-refractivity contribution in [1.82, 2.24) is 0 Å². The second kappa shape index (κ2) is 7.21. The first-order chi connectivity index (χ1) is 6.52. The molecule has 2 atom stereocenters. The van der Waals surface area contributed by atoms with Gasteiger partial charge in [0.1, 0.15) is 0 Å². The van der Waals surface area contributed by atoms with E-state index in [1.54, 1.807) is 7.11 Å². The van der Waals surface area contributed by atoms with E-state index in [2.05, 4.69) is 0 Å². The second-order valence-electron chi connectivity index (χ2n) is 3.54. The lowest BCUT2D eigenvalue weighted by molar-refractivity contribution is -0.0686. The molecule has 0 fully saturated rings. The number of ether oxygens (including phenoxy) is 3. The fourth-order valence-electron chi connectivity index (χ4n) is 1.24. The van der Waals surface area contributed by atoms with E-state index in [4.69, 9.17) is 14.2 Å². The summed E-state index contributed by atoms with van der Waals surface area (Å²) < 4.78 is 16.4. The molecule has 0 aromatic carbocycles. The molecule has 3 nitrogen and oxygen atoms in total. The first-order valence-corrected chi connectivity index (χ1v) is 5.20. The maximum Gasteiger partial charge on any atom is 0.154 e. The van der Waals surface area contributed by atoms with Gasteiger partial charge in [0.05, 0.1) is 18.3 Å². The molecule has 0 aliphatic rings. The Hall–Kier alpha value is -0.120. The van der Waals surface area contributed by atoms with Gasteiger partial charge in [-0.1, -0.05) is 0 Å². The van der Waals surface area contributed by atoms with E-state index in [9.17, 15) is 0 Å². The molecule has 14 heavy (non-hydrogen) atoms. The van der Waals surface area contributed by atoms with Crippen LogP contribution < -0.4 is 0 Å². The van der Waals surface area contributed by atoms with Crippen LogP contribution in [0.25, 0.3) is 0 Å². The first kappa shape index (κ1) is 13.9. The smallest absolute Gasteiger partial charge is 0.154 e. The molecule has 0 aromatic heterocycles. The zero-order valence-electron chi connectivity index (χ0n) is 10.2. The Kier molecular flexibility index (Phi) is 7.15. The van der Waals surface area contributed by atoms with Gasteiger partial charge in [0.15, 0.2) is 6.10 Å². The summed E-state index contributed by atoms with van der Waals surface area (Å²) in [6, 6.07) is 0. The Morgan fingerprint density at radius 3 is 2.00 bits per heavy atom. The van der Waals surface area contributed by atoms with E-state index >= 15 is 0 Å². The summed E-state index contributed by atoms with van der Waals surface area (Å²) in [5.41, 5.74) is 0. The standard InChI is InChI=1S/C11H23O3/c1-7-13-10(5)11(9(4)12-6)14-8(2)3/h8-10H,7H2,1-6H3. The predicted molar refractivity (Wildman–Crippen MR) is 57.0 cm³/mol. The van der Waals surface area contributed by atoms with Gasteiger partial charge >= 0.3 is 0 Å². The average Bonchev–Trinajstić information content (AvgIpc) is 2.13. The monoisotopic (exact) mass is 203 g/mol. The third-order valence-electron chi connectivity index (χ3n) is 1.94. The van der Waals surface area contributed by atoms with Gasteiger partial charge < -0.3 is 14.2 Å². The highest BCUT2D eigenvalue weighted by Gasteiger charge is 2.27. The Morgan fingerprint density at radius 1 is 1.07 bits per heavy atom. The van der Waals surface area contributed by atoms with Gasteiger partial charge in [-0.15, -0.1) is 0 Å². The Labute approximate surface area is 87.7 Å². The Morgan fingerprint density at radius 2 is 1.64 bits per heavy atom. The molecular weight excluding hydrogens is 180 g/mol. The summed E-state index contributed by atoms with van der Waals surface area (Å²) in [7, 11) is 1.67. The van der Waals surface area contributed by atoms with Gasteiger partial charge in [-0.05, 0) is 34.6 Å². The van der Waals surface area contributed by atoms with Gasteiger partial charge in [0.2, 0.25) is 0 Å². The Balaban J connectivity index is 4.22. The summed E-state index contributed by atoms with van der Waals surface area (Å²) in [4.78, 5) is 0. The van der Waals surface area contributed by atoms with Gasteiger partial charge in [-0.3, -0.25) is 0 Å². The number of methoxy groups -OCH3 is 1. The highest BCUT2D eigenvalue weighted by atomic mass is 16.6. The number of hydrogen-bond donors (Lipinski definition) is 0. The SMILES string of the molecule is CCOC(C)[C](OC(C)C)C(C)OC. The van der Waals surface area contributed by atoms with Crippen molar-refractivity contribution in [2.24, 2.45) is 0 Å². The van der Waals surface area contributed by atoms with Gasteiger partial charge in [-0.2, -0.15) is 0 Å². The molecule has 0 aliphatic carbocycles. The molecule has 0 aliphatic heterocycles. The molecule has 0 heterocycles. The summed E-state index contributed by atoms with van der Waals surface area (Å²) in [5, 5.41) is 0. The van der Waals surface area contributed by atoms with Gasteiger partial charge in [0, 0.05) is 13.7 Å². The summed E-state index contributed by atoms with van der Waals surface area (Å²) in [6.07, 6.45) is 0.978. The molecule has 0 bridgehead atoms. The molecule has 0 N–H and O–H groups in total. The van der Waals surface area contributed by atoms with Crippen LogP contribution in [0.4, 0.5) is 0 Å². The normalized spacial score (nSPS) is 16.3. The van der Waals surface area contributed by atoms with Crippen molar-refractivity contribution in [2.45, 2.75) is 52.9 Å². The van der Waals surface area contributed by atoms with Crippen molar-refractivity contribution < 1.29 is 14.2 Å². The highest BCUT2D eigenvalue weighted by Crippen LogP contribution is 2.20. The van der Waals surface area contributed by atoms with E-state index in [1.807, 2.05) is 34.6 Å². The molecular formula is C11H23O3. The van der Waals surface area contributed by atoms with E-state index in [0.717, 1.165) is 6.10 Å². The van der Waals surface area contributed by atoms with Crippen LogP contribution in [0.5, 0.6) is 0 Å². The van der Waals surface area contributed by atoms with Crippen molar-refractivity contribution >= 4 is 0 Å². The van der Waals surface area contributed by atoms with E-state index in [0.29, 0.717) is 6.61 Å². The molecule has 0 aromatic rings. The van der Waals surface area contributed by atoms with Crippen molar-refractivity contribution in [3.05, 3.63) is 6.10 Å². The predicted octanol–water partition coefficient (Wildman–Crippen LogP) is 2.40. The fraction of sp³-hybridized carbons (Fsp3) is 0.909. The minimum atomic E-state index is -0.0288. The van der Waals surface area contributed by atoms with E-state index < -0.39 is 0 Å². The first-order valence-electron chi connectivity index (χ1n) is 5.20. The third kappa shape index (κ3) is 4.94. The van der Waals surface area contributed by atoms with Crippen LogP contribution >= 0.6 is 0 Å². The van der Waals surface area contributed by atoms with Crippen molar-refractivity contribution in [2.75, 3.05) is 13.7 Å². The van der Waals surface area contributed by atoms with Crippen LogP contribution in [0.15, 0.2) is 0 Å². The zero-order valence-corrected chi connectivity index (χ0v) is 10.2. The maximum absolute atomic E-state index is 5.68. The fourth-order valence-corrected chi connectivity index (χ4v) is 1.24. The quantitative estimate of drug-likeness (QED) is 0.636.